The van der Waals surface area contributed by atoms with Crippen molar-refractivity contribution in [3.63, 3.8) is 0 Å². The lowest BCUT2D eigenvalue weighted by molar-refractivity contribution is -0.121. The van der Waals surface area contributed by atoms with Crippen molar-refractivity contribution in [3.8, 4) is 12.1 Å². The molecule has 2 rings (SSSR count). The summed E-state index contributed by atoms with van der Waals surface area (Å²) in [5.74, 6) is -1.06. The molecule has 2 aromatic carbocycles. The minimum Gasteiger partial charge on any atom is -0.452 e. The summed E-state index contributed by atoms with van der Waals surface area (Å²) in [5, 5.41) is 17.6. The number of ether oxygens (including phenoxy) is 1. The van der Waals surface area contributed by atoms with Crippen molar-refractivity contribution in [1.29, 1.82) is 10.5 Å². The molecule has 26 heavy (non-hydrogen) atoms. The topological polar surface area (TPSA) is 94.2 Å². The van der Waals surface area contributed by atoms with E-state index >= 15 is 0 Å². The Labute approximate surface area is 151 Å². The van der Waals surface area contributed by atoms with Crippen LogP contribution in [0.15, 0.2) is 48.5 Å². The summed E-state index contributed by atoms with van der Waals surface area (Å²) in [4.78, 5) is 25.9. The molecule has 0 saturated carbocycles. The third-order valence-corrected chi connectivity index (χ3v) is 3.67. The fourth-order valence-corrected chi connectivity index (χ4v) is 2.25. The first-order valence-electron chi connectivity index (χ1n) is 7.96. The molecular formula is C20H17N3O3. The molecule has 0 atom stereocenters. The highest BCUT2D eigenvalue weighted by Crippen LogP contribution is 2.16. The Morgan fingerprint density at radius 1 is 1.04 bits per heavy atom. The summed E-state index contributed by atoms with van der Waals surface area (Å²) in [6.45, 7) is 1.72. The fraction of sp³-hybridized carbons (Fsp3) is 0.200. The molecule has 0 aromatic heterocycles. The summed E-state index contributed by atoms with van der Waals surface area (Å²) in [6, 6.07) is 17.2. The number of nitrogens with zero attached hydrogens (tertiary/aromatic N) is 3. The lowest BCUT2D eigenvalue weighted by Gasteiger charge is -2.21. The van der Waals surface area contributed by atoms with Gasteiger partial charge in [0.15, 0.2) is 6.61 Å². The van der Waals surface area contributed by atoms with Gasteiger partial charge in [0.2, 0.25) is 0 Å². The van der Waals surface area contributed by atoms with E-state index in [1.54, 1.807) is 12.1 Å². The van der Waals surface area contributed by atoms with Crippen molar-refractivity contribution < 1.29 is 14.3 Å². The van der Waals surface area contributed by atoms with Crippen LogP contribution in [-0.4, -0.2) is 25.0 Å². The first-order chi connectivity index (χ1) is 12.5. The van der Waals surface area contributed by atoms with Crippen LogP contribution in [0.3, 0.4) is 0 Å². The monoisotopic (exact) mass is 347 g/mol. The molecule has 0 aliphatic heterocycles. The Morgan fingerprint density at radius 2 is 1.69 bits per heavy atom. The van der Waals surface area contributed by atoms with Gasteiger partial charge in [0.1, 0.15) is 0 Å². The highest BCUT2D eigenvalue weighted by molar-refractivity contribution is 5.97. The zero-order valence-electron chi connectivity index (χ0n) is 14.3. The number of hydrogen-bond acceptors (Lipinski definition) is 5. The molecule has 0 N–H and O–H groups in total. The quantitative estimate of drug-likeness (QED) is 0.749. The lowest BCUT2D eigenvalue weighted by Crippen LogP contribution is -2.35. The third kappa shape index (κ3) is 4.93. The molecule has 6 heteroatoms. The first-order valence-corrected chi connectivity index (χ1v) is 7.96. The van der Waals surface area contributed by atoms with Gasteiger partial charge in [-0.2, -0.15) is 10.5 Å². The van der Waals surface area contributed by atoms with E-state index in [2.05, 4.69) is 0 Å². The van der Waals surface area contributed by atoms with Gasteiger partial charge in [0.25, 0.3) is 5.91 Å². The van der Waals surface area contributed by atoms with E-state index in [9.17, 15) is 9.59 Å². The van der Waals surface area contributed by atoms with Crippen molar-refractivity contribution in [1.82, 2.24) is 0 Å². The predicted molar refractivity (Wildman–Crippen MR) is 95.2 cm³/mol. The Morgan fingerprint density at radius 3 is 2.27 bits per heavy atom. The van der Waals surface area contributed by atoms with Gasteiger partial charge in [-0.25, -0.2) is 4.79 Å². The minimum atomic E-state index is -0.646. The molecule has 2 aromatic rings. The molecule has 0 spiro atoms. The van der Waals surface area contributed by atoms with E-state index in [0.717, 1.165) is 5.56 Å². The molecule has 0 radical (unpaired) electrons. The van der Waals surface area contributed by atoms with E-state index in [4.69, 9.17) is 15.3 Å². The standard InChI is InChI=1S/C20H17N3O3/c1-15-3-9-18(10-4-15)23(12-2-11-21)19(24)14-26-20(25)17-7-5-16(13-22)6-8-17/h3-10H,2,12,14H2,1H3. The number of aryl methyl sites for hydroxylation is 1. The largest absolute Gasteiger partial charge is 0.452 e. The average Bonchev–Trinajstić information content (AvgIpc) is 2.67. The van der Waals surface area contributed by atoms with E-state index in [1.807, 2.05) is 31.2 Å². The minimum absolute atomic E-state index is 0.170. The Hall–Kier alpha value is -3.64. The molecule has 0 aliphatic rings. The summed E-state index contributed by atoms with van der Waals surface area (Å²) in [5.41, 5.74) is 2.38. The van der Waals surface area contributed by atoms with Crippen LogP contribution in [-0.2, 0) is 9.53 Å². The van der Waals surface area contributed by atoms with Crippen LogP contribution >= 0.6 is 0 Å². The Bertz CT molecular complexity index is 859. The molecule has 130 valence electrons. The first kappa shape index (κ1) is 18.7. The molecule has 0 fully saturated rings. The number of anilines is 1. The number of benzene rings is 2. The maximum Gasteiger partial charge on any atom is 0.338 e. The lowest BCUT2D eigenvalue weighted by atomic mass is 10.1. The summed E-state index contributed by atoms with van der Waals surface area (Å²) in [6.07, 6.45) is 0.170. The average molecular weight is 347 g/mol. The van der Waals surface area contributed by atoms with Gasteiger partial charge in [0, 0.05) is 12.2 Å². The molecule has 1 amide bonds. The number of hydrogen-bond donors (Lipinski definition) is 0. The smallest absolute Gasteiger partial charge is 0.338 e. The van der Waals surface area contributed by atoms with Crippen LogP contribution in [0.1, 0.15) is 27.9 Å². The highest BCUT2D eigenvalue weighted by atomic mass is 16.5. The van der Waals surface area contributed by atoms with Gasteiger partial charge < -0.3 is 9.64 Å². The molecular weight excluding hydrogens is 330 g/mol. The molecule has 0 aliphatic carbocycles. The van der Waals surface area contributed by atoms with E-state index in [0.29, 0.717) is 11.3 Å². The summed E-state index contributed by atoms with van der Waals surface area (Å²) < 4.78 is 5.07. The normalized spacial score (nSPS) is 9.65. The van der Waals surface area contributed by atoms with Crippen LogP contribution in [0.4, 0.5) is 5.69 Å². The second-order valence-corrected chi connectivity index (χ2v) is 5.55. The third-order valence-electron chi connectivity index (χ3n) is 3.67. The maximum atomic E-state index is 12.5. The van der Waals surface area contributed by atoms with Crippen LogP contribution in [0.2, 0.25) is 0 Å². The molecule has 0 unspecified atom stereocenters. The second-order valence-electron chi connectivity index (χ2n) is 5.55. The predicted octanol–water partition coefficient (Wildman–Crippen LogP) is 2.97. The fourth-order valence-electron chi connectivity index (χ4n) is 2.25. The van der Waals surface area contributed by atoms with Gasteiger partial charge in [-0.3, -0.25) is 4.79 Å². The zero-order valence-corrected chi connectivity index (χ0v) is 14.3. The van der Waals surface area contributed by atoms with Crippen molar-refractivity contribution in [2.24, 2.45) is 0 Å². The van der Waals surface area contributed by atoms with Gasteiger partial charge in [-0.05, 0) is 43.3 Å². The number of amides is 1. The van der Waals surface area contributed by atoms with E-state index < -0.39 is 18.5 Å². The van der Waals surface area contributed by atoms with Gasteiger partial charge in [-0.1, -0.05) is 17.7 Å². The number of carbonyl (C=O) groups is 2. The maximum absolute atomic E-state index is 12.5. The van der Waals surface area contributed by atoms with Gasteiger partial charge in [-0.15, -0.1) is 0 Å². The summed E-state index contributed by atoms with van der Waals surface area (Å²) in [7, 11) is 0. The number of nitriles is 2. The van der Waals surface area contributed by atoms with Crippen molar-refractivity contribution in [3.05, 3.63) is 65.2 Å². The van der Waals surface area contributed by atoms with Crippen LogP contribution in [0, 0.1) is 29.6 Å². The molecule has 0 bridgehead atoms. The Balaban J connectivity index is 2.04. The van der Waals surface area contributed by atoms with Gasteiger partial charge >= 0.3 is 5.97 Å². The van der Waals surface area contributed by atoms with Crippen molar-refractivity contribution in [2.75, 3.05) is 18.1 Å². The van der Waals surface area contributed by atoms with Crippen LogP contribution in [0.25, 0.3) is 0 Å². The molecule has 0 saturated heterocycles. The van der Waals surface area contributed by atoms with E-state index in [-0.39, 0.29) is 18.5 Å². The Kier molecular flexibility index (Phi) is 6.47. The van der Waals surface area contributed by atoms with Crippen molar-refractivity contribution >= 4 is 17.6 Å². The summed E-state index contributed by atoms with van der Waals surface area (Å²) >= 11 is 0. The molecule has 0 heterocycles. The number of carbonyl (C=O) groups excluding carboxylic acids is 2. The van der Waals surface area contributed by atoms with E-state index in [1.165, 1.54) is 29.2 Å². The second kappa shape index (κ2) is 9.00. The molecule has 6 nitrogen and oxygen atoms in total. The SMILES string of the molecule is Cc1ccc(N(CCC#N)C(=O)COC(=O)c2ccc(C#N)cc2)cc1. The van der Waals surface area contributed by atoms with Crippen LogP contribution < -0.4 is 4.90 Å². The van der Waals surface area contributed by atoms with Crippen molar-refractivity contribution in [2.45, 2.75) is 13.3 Å². The van der Waals surface area contributed by atoms with Gasteiger partial charge in [0.05, 0.1) is 29.7 Å². The van der Waals surface area contributed by atoms with Crippen LogP contribution in [0.5, 0.6) is 0 Å². The zero-order chi connectivity index (χ0) is 18.9. The number of rotatable bonds is 6. The highest BCUT2D eigenvalue weighted by Gasteiger charge is 2.18. The number of esters is 1.